The van der Waals surface area contributed by atoms with E-state index < -0.39 is 0 Å². The van der Waals surface area contributed by atoms with Crippen molar-refractivity contribution >= 4 is 6.03 Å². The average Bonchev–Trinajstić information content (AvgIpc) is 3.06. The lowest BCUT2D eigenvalue weighted by atomic mass is 10.1. The molecule has 0 saturated heterocycles. The van der Waals surface area contributed by atoms with E-state index in [-0.39, 0.29) is 18.2 Å². The van der Waals surface area contributed by atoms with Gasteiger partial charge in [0.1, 0.15) is 0 Å². The van der Waals surface area contributed by atoms with Crippen molar-refractivity contribution in [3.63, 3.8) is 0 Å². The predicted octanol–water partition coefficient (Wildman–Crippen LogP) is 2.03. The van der Waals surface area contributed by atoms with Gasteiger partial charge in [-0.25, -0.2) is 4.79 Å². The molecular formula is C14H26N2O2. The standard InChI is InChI=1S/C14H26N2O2/c1-10(2-3-11-4-5-11)16-14(18)15-9-12-6-7-13(17)8-12/h10-13,17H,2-9H2,1H3,(H2,15,16,18). The molecule has 4 nitrogen and oxygen atoms in total. The van der Waals surface area contributed by atoms with Gasteiger partial charge in [0.2, 0.25) is 0 Å². The Labute approximate surface area is 110 Å². The third-order valence-corrected chi connectivity index (χ3v) is 4.15. The summed E-state index contributed by atoms with van der Waals surface area (Å²) in [4.78, 5) is 11.7. The molecular weight excluding hydrogens is 228 g/mol. The van der Waals surface area contributed by atoms with Crippen LogP contribution < -0.4 is 10.6 Å². The van der Waals surface area contributed by atoms with Gasteiger partial charge < -0.3 is 15.7 Å². The van der Waals surface area contributed by atoms with Crippen molar-refractivity contribution in [2.24, 2.45) is 11.8 Å². The molecule has 0 aromatic rings. The van der Waals surface area contributed by atoms with Crippen LogP contribution in [0.4, 0.5) is 4.79 Å². The lowest BCUT2D eigenvalue weighted by molar-refractivity contribution is 0.177. The molecule has 0 heterocycles. The van der Waals surface area contributed by atoms with Gasteiger partial charge in [0.15, 0.2) is 0 Å². The Morgan fingerprint density at radius 1 is 1.28 bits per heavy atom. The number of carbonyl (C=O) groups excluding carboxylic acids is 1. The molecule has 0 aromatic carbocycles. The van der Waals surface area contributed by atoms with Gasteiger partial charge in [-0.15, -0.1) is 0 Å². The maximum absolute atomic E-state index is 11.7. The molecule has 3 N–H and O–H groups in total. The Bertz CT molecular complexity index is 279. The fourth-order valence-electron chi connectivity index (χ4n) is 2.71. The van der Waals surface area contributed by atoms with E-state index in [4.69, 9.17) is 0 Å². The number of urea groups is 1. The van der Waals surface area contributed by atoms with Crippen LogP contribution in [-0.2, 0) is 0 Å². The van der Waals surface area contributed by atoms with Gasteiger partial charge in [-0.2, -0.15) is 0 Å². The molecule has 2 amide bonds. The highest BCUT2D eigenvalue weighted by Gasteiger charge is 2.24. The van der Waals surface area contributed by atoms with E-state index in [0.717, 1.165) is 31.6 Å². The van der Waals surface area contributed by atoms with Crippen molar-refractivity contribution in [3.8, 4) is 0 Å². The largest absolute Gasteiger partial charge is 0.393 e. The van der Waals surface area contributed by atoms with E-state index in [1.165, 1.54) is 19.3 Å². The fraction of sp³-hybridized carbons (Fsp3) is 0.929. The van der Waals surface area contributed by atoms with Crippen molar-refractivity contribution in [2.75, 3.05) is 6.54 Å². The van der Waals surface area contributed by atoms with Crippen LogP contribution in [0, 0.1) is 11.8 Å². The van der Waals surface area contributed by atoms with Crippen LogP contribution in [0.15, 0.2) is 0 Å². The third-order valence-electron chi connectivity index (χ3n) is 4.15. The number of nitrogens with one attached hydrogen (secondary N) is 2. The maximum Gasteiger partial charge on any atom is 0.315 e. The molecule has 0 bridgehead atoms. The molecule has 0 spiro atoms. The van der Waals surface area contributed by atoms with Crippen LogP contribution in [0.25, 0.3) is 0 Å². The summed E-state index contributed by atoms with van der Waals surface area (Å²) in [5.41, 5.74) is 0. The van der Waals surface area contributed by atoms with Crippen LogP contribution in [0.1, 0.15) is 51.9 Å². The van der Waals surface area contributed by atoms with E-state index in [2.05, 4.69) is 17.6 Å². The minimum Gasteiger partial charge on any atom is -0.393 e. The zero-order chi connectivity index (χ0) is 13.0. The average molecular weight is 254 g/mol. The Kier molecular flexibility index (Phi) is 4.87. The van der Waals surface area contributed by atoms with E-state index >= 15 is 0 Å². The van der Waals surface area contributed by atoms with Gasteiger partial charge in [-0.3, -0.25) is 0 Å². The highest BCUT2D eigenvalue weighted by Crippen LogP contribution is 2.33. The zero-order valence-electron chi connectivity index (χ0n) is 11.3. The molecule has 18 heavy (non-hydrogen) atoms. The topological polar surface area (TPSA) is 61.4 Å². The molecule has 3 unspecified atom stereocenters. The Balaban J connectivity index is 1.53. The fourth-order valence-corrected chi connectivity index (χ4v) is 2.71. The molecule has 3 atom stereocenters. The van der Waals surface area contributed by atoms with Crippen molar-refractivity contribution in [3.05, 3.63) is 0 Å². The summed E-state index contributed by atoms with van der Waals surface area (Å²) in [5.74, 6) is 1.38. The Hall–Kier alpha value is -0.770. The van der Waals surface area contributed by atoms with Crippen LogP contribution >= 0.6 is 0 Å². The van der Waals surface area contributed by atoms with Gasteiger partial charge in [-0.1, -0.05) is 12.8 Å². The van der Waals surface area contributed by atoms with Crippen molar-refractivity contribution in [1.82, 2.24) is 10.6 Å². The predicted molar refractivity (Wildman–Crippen MR) is 71.3 cm³/mol. The first kappa shape index (κ1) is 13.7. The quantitative estimate of drug-likeness (QED) is 0.679. The summed E-state index contributed by atoms with van der Waals surface area (Å²) in [5, 5.41) is 15.3. The third kappa shape index (κ3) is 4.84. The number of hydrogen-bond donors (Lipinski definition) is 3. The highest BCUT2D eigenvalue weighted by molar-refractivity contribution is 5.74. The summed E-state index contributed by atoms with van der Waals surface area (Å²) >= 11 is 0. The van der Waals surface area contributed by atoms with E-state index in [1.54, 1.807) is 0 Å². The highest BCUT2D eigenvalue weighted by atomic mass is 16.3. The molecule has 2 fully saturated rings. The molecule has 4 heteroatoms. The lowest BCUT2D eigenvalue weighted by Gasteiger charge is -2.16. The minimum atomic E-state index is -0.155. The molecule has 2 aliphatic rings. The SMILES string of the molecule is CC(CCC1CC1)NC(=O)NCC1CCC(O)C1. The van der Waals surface area contributed by atoms with Crippen molar-refractivity contribution in [2.45, 2.75) is 64.0 Å². The zero-order valence-corrected chi connectivity index (χ0v) is 11.3. The van der Waals surface area contributed by atoms with Gasteiger partial charge in [-0.05, 0) is 50.9 Å². The summed E-state index contributed by atoms with van der Waals surface area (Å²) in [6.45, 7) is 2.76. The summed E-state index contributed by atoms with van der Waals surface area (Å²) in [6.07, 6.45) is 7.67. The monoisotopic (exact) mass is 254 g/mol. The van der Waals surface area contributed by atoms with Crippen LogP contribution in [-0.4, -0.2) is 29.8 Å². The van der Waals surface area contributed by atoms with Gasteiger partial charge >= 0.3 is 6.03 Å². The molecule has 0 radical (unpaired) electrons. The first-order valence-electron chi connectivity index (χ1n) is 7.36. The van der Waals surface area contributed by atoms with Crippen molar-refractivity contribution in [1.29, 1.82) is 0 Å². The number of carbonyl (C=O) groups is 1. The Morgan fingerprint density at radius 3 is 2.61 bits per heavy atom. The van der Waals surface area contributed by atoms with Gasteiger partial charge in [0, 0.05) is 12.6 Å². The second kappa shape index (κ2) is 6.41. The van der Waals surface area contributed by atoms with Crippen LogP contribution in [0.2, 0.25) is 0 Å². The van der Waals surface area contributed by atoms with Crippen LogP contribution in [0.3, 0.4) is 0 Å². The van der Waals surface area contributed by atoms with Gasteiger partial charge in [0.25, 0.3) is 0 Å². The number of amides is 2. The smallest absolute Gasteiger partial charge is 0.315 e. The van der Waals surface area contributed by atoms with Gasteiger partial charge in [0.05, 0.1) is 6.10 Å². The summed E-state index contributed by atoms with van der Waals surface area (Å²) in [6, 6.07) is 0.208. The van der Waals surface area contributed by atoms with E-state index in [9.17, 15) is 9.90 Å². The maximum atomic E-state index is 11.7. The van der Waals surface area contributed by atoms with E-state index in [1.807, 2.05) is 0 Å². The lowest BCUT2D eigenvalue weighted by Crippen LogP contribution is -2.42. The summed E-state index contributed by atoms with van der Waals surface area (Å²) in [7, 11) is 0. The molecule has 2 saturated carbocycles. The van der Waals surface area contributed by atoms with Crippen molar-refractivity contribution < 1.29 is 9.90 Å². The number of aliphatic hydroxyl groups excluding tert-OH is 1. The number of hydrogen-bond acceptors (Lipinski definition) is 2. The second-order valence-corrected chi connectivity index (χ2v) is 6.11. The first-order chi connectivity index (χ1) is 8.63. The van der Waals surface area contributed by atoms with E-state index in [0.29, 0.717) is 12.5 Å². The minimum absolute atomic E-state index is 0.0558. The van der Waals surface area contributed by atoms with Crippen LogP contribution in [0.5, 0.6) is 0 Å². The second-order valence-electron chi connectivity index (χ2n) is 6.11. The normalized spacial score (nSPS) is 29.0. The molecule has 104 valence electrons. The number of rotatable bonds is 6. The first-order valence-corrected chi connectivity index (χ1v) is 7.36. The Morgan fingerprint density at radius 2 is 2.00 bits per heavy atom. The molecule has 2 rings (SSSR count). The summed E-state index contributed by atoms with van der Waals surface area (Å²) < 4.78 is 0. The molecule has 0 aliphatic heterocycles. The molecule has 2 aliphatic carbocycles. The molecule has 0 aromatic heterocycles. The number of aliphatic hydroxyl groups is 1.